The largest absolute Gasteiger partial charge is 0.439 e. The molecule has 1 N–H and O–H groups in total. The van der Waals surface area contributed by atoms with Crippen LogP contribution in [0.1, 0.15) is 22.8 Å². The number of aliphatic hydroxyl groups is 1. The zero-order chi connectivity index (χ0) is 13.0. The Morgan fingerprint density at radius 3 is 2.67 bits per heavy atom. The topological polar surface area (TPSA) is 59.4 Å². The molecule has 0 aliphatic heterocycles. The number of ether oxygens (including phenoxy) is 1. The van der Waals surface area contributed by atoms with Crippen molar-refractivity contribution < 1.29 is 14.6 Å². The maximum absolute atomic E-state index is 11.1. The van der Waals surface area contributed by atoms with E-state index < -0.39 is 0 Å². The summed E-state index contributed by atoms with van der Waals surface area (Å²) < 4.78 is 5.55. The summed E-state index contributed by atoms with van der Waals surface area (Å²) in [7, 11) is 0. The molecule has 4 nitrogen and oxygen atoms in total. The standard InChI is InChI=1S/C14H13NO3/c1-10(17)11-6-7-14(15-8-11)18-13-5-3-2-4-12(13)9-16/h2-8,16H,9H2,1H3. The first-order chi connectivity index (χ1) is 8.70. The Labute approximate surface area is 105 Å². The number of hydrogen-bond donors (Lipinski definition) is 1. The van der Waals surface area contributed by atoms with Crippen LogP contribution < -0.4 is 4.74 Å². The molecule has 1 aromatic heterocycles. The normalized spacial score (nSPS) is 10.1. The number of para-hydroxylation sites is 1. The van der Waals surface area contributed by atoms with Crippen LogP contribution in [-0.4, -0.2) is 15.9 Å². The van der Waals surface area contributed by atoms with Gasteiger partial charge in [-0.25, -0.2) is 4.98 Å². The zero-order valence-electron chi connectivity index (χ0n) is 9.96. The molecule has 0 unspecified atom stereocenters. The van der Waals surface area contributed by atoms with Crippen molar-refractivity contribution >= 4 is 5.78 Å². The van der Waals surface area contributed by atoms with E-state index in [4.69, 9.17) is 9.84 Å². The van der Waals surface area contributed by atoms with E-state index in [0.29, 0.717) is 22.8 Å². The number of ketones is 1. The lowest BCUT2D eigenvalue weighted by atomic mass is 10.2. The summed E-state index contributed by atoms with van der Waals surface area (Å²) in [4.78, 5) is 15.1. The summed E-state index contributed by atoms with van der Waals surface area (Å²) in [6, 6.07) is 10.5. The van der Waals surface area contributed by atoms with Gasteiger partial charge in [-0.1, -0.05) is 18.2 Å². The van der Waals surface area contributed by atoms with Crippen LogP contribution in [0.15, 0.2) is 42.6 Å². The fraction of sp³-hybridized carbons (Fsp3) is 0.143. The highest BCUT2D eigenvalue weighted by Crippen LogP contribution is 2.23. The van der Waals surface area contributed by atoms with Crippen molar-refractivity contribution in [3.8, 4) is 11.6 Å². The van der Waals surface area contributed by atoms with Crippen LogP contribution in [0.3, 0.4) is 0 Å². The minimum absolute atomic E-state index is 0.0372. The Bertz CT molecular complexity index is 549. The second-order valence-corrected chi connectivity index (χ2v) is 3.81. The first-order valence-electron chi connectivity index (χ1n) is 5.54. The molecule has 2 aromatic rings. The van der Waals surface area contributed by atoms with Gasteiger partial charge in [-0.05, 0) is 19.1 Å². The Morgan fingerprint density at radius 1 is 1.28 bits per heavy atom. The maximum Gasteiger partial charge on any atom is 0.219 e. The molecule has 0 atom stereocenters. The molecular formula is C14H13NO3. The third kappa shape index (κ3) is 2.73. The van der Waals surface area contributed by atoms with E-state index in [0.717, 1.165) is 0 Å². The van der Waals surface area contributed by atoms with Crippen LogP contribution in [-0.2, 0) is 6.61 Å². The Morgan fingerprint density at radius 2 is 2.06 bits per heavy atom. The Hall–Kier alpha value is -2.20. The van der Waals surface area contributed by atoms with Gasteiger partial charge in [0, 0.05) is 23.4 Å². The number of pyridine rings is 1. The highest BCUT2D eigenvalue weighted by molar-refractivity contribution is 5.93. The molecule has 0 radical (unpaired) electrons. The molecule has 0 aliphatic rings. The number of aromatic nitrogens is 1. The van der Waals surface area contributed by atoms with E-state index in [1.54, 1.807) is 24.3 Å². The molecular weight excluding hydrogens is 230 g/mol. The van der Waals surface area contributed by atoms with E-state index in [2.05, 4.69) is 4.98 Å². The number of benzene rings is 1. The first kappa shape index (κ1) is 12.3. The molecule has 0 aliphatic carbocycles. The van der Waals surface area contributed by atoms with Gasteiger partial charge in [0.05, 0.1) is 6.61 Å². The van der Waals surface area contributed by atoms with Gasteiger partial charge >= 0.3 is 0 Å². The van der Waals surface area contributed by atoms with Gasteiger partial charge in [0.15, 0.2) is 5.78 Å². The third-order valence-corrected chi connectivity index (χ3v) is 2.50. The molecule has 4 heteroatoms. The van der Waals surface area contributed by atoms with Crippen molar-refractivity contribution in [3.05, 3.63) is 53.7 Å². The van der Waals surface area contributed by atoms with Gasteiger partial charge in [0.25, 0.3) is 0 Å². The highest BCUT2D eigenvalue weighted by Gasteiger charge is 2.05. The van der Waals surface area contributed by atoms with Crippen molar-refractivity contribution in [2.75, 3.05) is 0 Å². The lowest BCUT2D eigenvalue weighted by Crippen LogP contribution is -1.96. The van der Waals surface area contributed by atoms with E-state index in [1.807, 2.05) is 12.1 Å². The number of rotatable bonds is 4. The third-order valence-electron chi connectivity index (χ3n) is 2.50. The monoisotopic (exact) mass is 243 g/mol. The van der Waals surface area contributed by atoms with Gasteiger partial charge in [-0.3, -0.25) is 4.79 Å². The van der Waals surface area contributed by atoms with E-state index in [-0.39, 0.29) is 12.4 Å². The molecule has 2 rings (SSSR count). The average Bonchev–Trinajstić information content (AvgIpc) is 2.40. The van der Waals surface area contributed by atoms with Gasteiger partial charge in [-0.2, -0.15) is 0 Å². The second kappa shape index (κ2) is 5.42. The summed E-state index contributed by atoms with van der Waals surface area (Å²) in [5.74, 6) is 0.911. The molecule has 0 amide bonds. The molecule has 0 saturated carbocycles. The summed E-state index contributed by atoms with van der Waals surface area (Å²) in [5, 5.41) is 9.17. The molecule has 92 valence electrons. The maximum atomic E-state index is 11.1. The molecule has 1 heterocycles. The van der Waals surface area contributed by atoms with E-state index in [9.17, 15) is 4.79 Å². The van der Waals surface area contributed by atoms with E-state index >= 15 is 0 Å². The van der Waals surface area contributed by atoms with Crippen LogP contribution in [0.2, 0.25) is 0 Å². The minimum atomic E-state index is -0.0955. The predicted molar refractivity (Wildman–Crippen MR) is 66.7 cm³/mol. The lowest BCUT2D eigenvalue weighted by Gasteiger charge is -2.08. The minimum Gasteiger partial charge on any atom is -0.439 e. The first-order valence-corrected chi connectivity index (χ1v) is 5.54. The molecule has 0 saturated heterocycles. The highest BCUT2D eigenvalue weighted by atomic mass is 16.5. The molecule has 18 heavy (non-hydrogen) atoms. The number of hydrogen-bond acceptors (Lipinski definition) is 4. The fourth-order valence-corrected chi connectivity index (χ4v) is 1.50. The Kier molecular flexibility index (Phi) is 3.69. The Balaban J connectivity index is 2.21. The second-order valence-electron chi connectivity index (χ2n) is 3.81. The quantitative estimate of drug-likeness (QED) is 0.838. The summed E-state index contributed by atoms with van der Waals surface area (Å²) >= 11 is 0. The summed E-state index contributed by atoms with van der Waals surface area (Å²) in [6.07, 6.45) is 1.47. The molecule has 1 aromatic carbocycles. The van der Waals surface area contributed by atoms with Gasteiger partial charge in [0.1, 0.15) is 5.75 Å². The van der Waals surface area contributed by atoms with Crippen molar-refractivity contribution in [3.63, 3.8) is 0 Å². The van der Waals surface area contributed by atoms with Crippen LogP contribution in [0.5, 0.6) is 11.6 Å². The number of carbonyl (C=O) groups excluding carboxylic acids is 1. The molecule has 0 bridgehead atoms. The van der Waals surface area contributed by atoms with Crippen molar-refractivity contribution in [2.24, 2.45) is 0 Å². The summed E-state index contributed by atoms with van der Waals surface area (Å²) in [6.45, 7) is 1.39. The molecule has 0 fully saturated rings. The SMILES string of the molecule is CC(=O)c1ccc(Oc2ccccc2CO)nc1. The number of carbonyl (C=O) groups is 1. The number of Topliss-reactive ketones (excluding diaryl/α,β-unsaturated/α-hetero) is 1. The van der Waals surface area contributed by atoms with Gasteiger partial charge < -0.3 is 9.84 Å². The van der Waals surface area contributed by atoms with E-state index in [1.165, 1.54) is 13.1 Å². The lowest BCUT2D eigenvalue weighted by molar-refractivity contribution is 0.101. The van der Waals surface area contributed by atoms with Crippen LogP contribution in [0.25, 0.3) is 0 Å². The number of aliphatic hydroxyl groups excluding tert-OH is 1. The smallest absolute Gasteiger partial charge is 0.219 e. The average molecular weight is 243 g/mol. The zero-order valence-corrected chi connectivity index (χ0v) is 9.96. The number of nitrogens with zero attached hydrogens (tertiary/aromatic N) is 1. The van der Waals surface area contributed by atoms with Crippen LogP contribution in [0.4, 0.5) is 0 Å². The van der Waals surface area contributed by atoms with Crippen LogP contribution >= 0.6 is 0 Å². The van der Waals surface area contributed by atoms with Gasteiger partial charge in [0.2, 0.25) is 5.88 Å². The molecule has 0 spiro atoms. The van der Waals surface area contributed by atoms with Crippen molar-refractivity contribution in [1.29, 1.82) is 0 Å². The summed E-state index contributed by atoms with van der Waals surface area (Å²) in [5.41, 5.74) is 1.23. The van der Waals surface area contributed by atoms with Gasteiger partial charge in [-0.15, -0.1) is 0 Å². The van der Waals surface area contributed by atoms with Crippen molar-refractivity contribution in [2.45, 2.75) is 13.5 Å². The fourth-order valence-electron chi connectivity index (χ4n) is 1.50. The predicted octanol–water partition coefficient (Wildman–Crippen LogP) is 2.57. The van der Waals surface area contributed by atoms with Crippen molar-refractivity contribution in [1.82, 2.24) is 4.98 Å². The van der Waals surface area contributed by atoms with Crippen LogP contribution in [0, 0.1) is 0 Å².